The molecule has 0 aliphatic rings. The zero-order valence-corrected chi connectivity index (χ0v) is 14.9. The van der Waals surface area contributed by atoms with Crippen molar-refractivity contribution in [3.8, 4) is 22.9 Å². The van der Waals surface area contributed by atoms with E-state index in [1.54, 1.807) is 26.4 Å². The molecule has 0 aliphatic heterocycles. The van der Waals surface area contributed by atoms with Gasteiger partial charge in [0.1, 0.15) is 11.9 Å². The van der Waals surface area contributed by atoms with Gasteiger partial charge in [-0.1, -0.05) is 12.1 Å². The quantitative estimate of drug-likeness (QED) is 0.696. The van der Waals surface area contributed by atoms with Gasteiger partial charge in [-0.15, -0.1) is 0 Å². The first-order chi connectivity index (χ1) is 12.7. The maximum absolute atomic E-state index is 9.78. The molecule has 1 unspecified atom stereocenters. The number of nitrogens with zero attached hydrogens (tertiary/aromatic N) is 2. The summed E-state index contributed by atoms with van der Waals surface area (Å²) in [5.41, 5.74) is 2.75. The van der Waals surface area contributed by atoms with Crippen molar-refractivity contribution >= 4 is 0 Å². The van der Waals surface area contributed by atoms with E-state index >= 15 is 0 Å². The molecule has 0 saturated heterocycles. The third-order valence-corrected chi connectivity index (χ3v) is 3.97. The number of rotatable bonds is 7. The Kier molecular flexibility index (Phi) is 5.81. The van der Waals surface area contributed by atoms with Gasteiger partial charge < -0.3 is 14.6 Å². The topological polar surface area (TPSA) is 64.5 Å². The van der Waals surface area contributed by atoms with Crippen LogP contribution in [0.4, 0.5) is 0 Å². The zero-order valence-electron chi connectivity index (χ0n) is 14.9. The van der Waals surface area contributed by atoms with Gasteiger partial charge in [0.25, 0.3) is 0 Å². The first-order valence-electron chi connectivity index (χ1n) is 8.52. The van der Waals surface area contributed by atoms with Crippen molar-refractivity contribution < 1.29 is 14.6 Å². The van der Waals surface area contributed by atoms with Gasteiger partial charge in [0, 0.05) is 36.0 Å². The van der Waals surface area contributed by atoms with Gasteiger partial charge >= 0.3 is 0 Å². The number of aromatic nitrogens is 2. The fraction of sp³-hybridized carbons (Fsp3) is 0.238. The number of benzene rings is 1. The lowest BCUT2D eigenvalue weighted by molar-refractivity contribution is 0.106. The lowest BCUT2D eigenvalue weighted by Crippen LogP contribution is -2.14. The van der Waals surface area contributed by atoms with Crippen LogP contribution in [-0.2, 0) is 0 Å². The van der Waals surface area contributed by atoms with E-state index in [2.05, 4.69) is 9.97 Å². The third kappa shape index (κ3) is 4.58. The molecule has 0 spiro atoms. The summed E-state index contributed by atoms with van der Waals surface area (Å²) in [6.45, 7) is 1.75. The Balaban J connectivity index is 1.78. The molecule has 0 aliphatic carbocycles. The van der Waals surface area contributed by atoms with Crippen molar-refractivity contribution in [3.63, 3.8) is 0 Å². The van der Waals surface area contributed by atoms with Crippen LogP contribution in [0.25, 0.3) is 11.3 Å². The predicted molar refractivity (Wildman–Crippen MR) is 100 cm³/mol. The van der Waals surface area contributed by atoms with Crippen LogP contribution in [0, 0.1) is 0 Å². The molecule has 3 aromatic rings. The van der Waals surface area contributed by atoms with E-state index in [4.69, 9.17) is 9.47 Å². The monoisotopic (exact) mass is 350 g/mol. The Labute approximate surface area is 153 Å². The van der Waals surface area contributed by atoms with E-state index in [-0.39, 0.29) is 6.10 Å². The highest BCUT2D eigenvalue weighted by molar-refractivity contribution is 5.60. The van der Waals surface area contributed by atoms with Crippen LogP contribution >= 0.6 is 0 Å². The molecule has 0 saturated carbocycles. The summed E-state index contributed by atoms with van der Waals surface area (Å²) in [6.07, 6.45) is 3.25. The second-order valence-corrected chi connectivity index (χ2v) is 6.07. The van der Waals surface area contributed by atoms with Crippen molar-refractivity contribution in [1.82, 2.24) is 9.97 Å². The fourth-order valence-electron chi connectivity index (χ4n) is 2.69. The lowest BCUT2D eigenvalue weighted by atomic mass is 10.1. The van der Waals surface area contributed by atoms with Gasteiger partial charge in [-0.2, -0.15) is 0 Å². The molecule has 0 amide bonds. The van der Waals surface area contributed by atoms with E-state index in [0.717, 1.165) is 22.6 Å². The average molecular weight is 350 g/mol. The van der Waals surface area contributed by atoms with Gasteiger partial charge in [-0.3, -0.25) is 4.98 Å². The molecule has 134 valence electrons. The summed E-state index contributed by atoms with van der Waals surface area (Å²) in [4.78, 5) is 8.58. The van der Waals surface area contributed by atoms with Crippen molar-refractivity contribution in [2.45, 2.75) is 25.6 Å². The number of methoxy groups -OCH3 is 1. The fourth-order valence-corrected chi connectivity index (χ4v) is 2.69. The Bertz CT molecular complexity index is 820. The summed E-state index contributed by atoms with van der Waals surface area (Å²) >= 11 is 0. The molecule has 2 heterocycles. The van der Waals surface area contributed by atoms with E-state index in [9.17, 15) is 5.11 Å². The van der Waals surface area contributed by atoms with Gasteiger partial charge in [0.15, 0.2) is 0 Å². The smallest absolute Gasteiger partial charge is 0.213 e. The molecule has 1 aromatic carbocycles. The Morgan fingerprint density at radius 1 is 1.04 bits per heavy atom. The van der Waals surface area contributed by atoms with Gasteiger partial charge in [-0.25, -0.2) is 4.98 Å². The summed E-state index contributed by atoms with van der Waals surface area (Å²) < 4.78 is 11.3. The summed E-state index contributed by atoms with van der Waals surface area (Å²) in [7, 11) is 1.60. The number of ether oxygens (including phenoxy) is 2. The standard InChI is InChI=1S/C21H22N2O3/c1-15(24)13-20(17-5-4-12-22-14-17)26-18-10-8-16(9-11-18)19-6-3-7-21(23-19)25-2/h3-12,14-15,20,24H,13H2,1-2H3/t15-,20?/m1/s1. The normalized spacial score (nSPS) is 13.0. The van der Waals surface area contributed by atoms with Crippen LogP contribution in [0.5, 0.6) is 11.6 Å². The molecule has 0 bridgehead atoms. The van der Waals surface area contributed by atoms with Crippen molar-refractivity contribution in [2.75, 3.05) is 7.11 Å². The highest BCUT2D eigenvalue weighted by Gasteiger charge is 2.16. The average Bonchev–Trinajstić information content (AvgIpc) is 2.68. The molecule has 26 heavy (non-hydrogen) atoms. The SMILES string of the molecule is COc1cccc(-c2ccc(OC(C[C@@H](C)O)c3cccnc3)cc2)n1. The first kappa shape index (κ1) is 17.9. The van der Waals surface area contributed by atoms with Crippen molar-refractivity contribution in [1.29, 1.82) is 0 Å². The van der Waals surface area contributed by atoms with E-state index in [0.29, 0.717) is 12.3 Å². The molecular formula is C21H22N2O3. The van der Waals surface area contributed by atoms with Crippen molar-refractivity contribution in [2.24, 2.45) is 0 Å². The van der Waals surface area contributed by atoms with Crippen LogP contribution in [0.15, 0.2) is 67.0 Å². The van der Waals surface area contributed by atoms with E-state index < -0.39 is 6.10 Å². The second-order valence-electron chi connectivity index (χ2n) is 6.07. The van der Waals surface area contributed by atoms with Gasteiger partial charge in [0.05, 0.1) is 18.9 Å². The van der Waals surface area contributed by atoms with Crippen LogP contribution in [0.2, 0.25) is 0 Å². The molecule has 0 fully saturated rings. The predicted octanol–water partition coefficient (Wildman–Crippen LogP) is 4.04. The number of hydrogen-bond acceptors (Lipinski definition) is 5. The first-order valence-corrected chi connectivity index (χ1v) is 8.52. The number of aliphatic hydroxyl groups is 1. The highest BCUT2D eigenvalue weighted by Crippen LogP contribution is 2.28. The molecular weight excluding hydrogens is 328 g/mol. The van der Waals surface area contributed by atoms with E-state index in [1.165, 1.54) is 0 Å². The molecule has 3 rings (SSSR count). The minimum atomic E-state index is -0.472. The zero-order chi connectivity index (χ0) is 18.4. The minimum Gasteiger partial charge on any atom is -0.486 e. The Morgan fingerprint density at radius 2 is 1.85 bits per heavy atom. The Hall–Kier alpha value is -2.92. The minimum absolute atomic E-state index is 0.260. The summed E-state index contributed by atoms with van der Waals surface area (Å²) in [5.74, 6) is 1.31. The molecule has 2 atom stereocenters. The number of hydrogen-bond donors (Lipinski definition) is 1. The molecule has 5 nitrogen and oxygen atoms in total. The second kappa shape index (κ2) is 8.45. The van der Waals surface area contributed by atoms with Crippen LogP contribution in [-0.4, -0.2) is 28.3 Å². The van der Waals surface area contributed by atoms with Crippen LogP contribution < -0.4 is 9.47 Å². The molecule has 0 radical (unpaired) electrons. The molecule has 5 heteroatoms. The number of aliphatic hydroxyl groups excluding tert-OH is 1. The lowest BCUT2D eigenvalue weighted by Gasteiger charge is -2.20. The molecule has 1 N–H and O–H groups in total. The summed E-state index contributed by atoms with van der Waals surface area (Å²) in [6, 6.07) is 17.2. The third-order valence-electron chi connectivity index (χ3n) is 3.97. The van der Waals surface area contributed by atoms with Crippen LogP contribution in [0.3, 0.4) is 0 Å². The Morgan fingerprint density at radius 3 is 2.50 bits per heavy atom. The van der Waals surface area contributed by atoms with Crippen LogP contribution in [0.1, 0.15) is 25.0 Å². The van der Waals surface area contributed by atoms with Gasteiger partial charge in [0.2, 0.25) is 5.88 Å². The molecule has 2 aromatic heterocycles. The van der Waals surface area contributed by atoms with E-state index in [1.807, 2.05) is 54.6 Å². The maximum Gasteiger partial charge on any atom is 0.213 e. The number of pyridine rings is 2. The largest absolute Gasteiger partial charge is 0.486 e. The van der Waals surface area contributed by atoms with Crippen molar-refractivity contribution in [3.05, 3.63) is 72.6 Å². The van der Waals surface area contributed by atoms with Gasteiger partial charge in [-0.05, 0) is 43.3 Å². The highest BCUT2D eigenvalue weighted by atomic mass is 16.5. The summed E-state index contributed by atoms with van der Waals surface area (Å²) in [5, 5.41) is 9.78. The maximum atomic E-state index is 9.78.